The van der Waals surface area contributed by atoms with Gasteiger partial charge < -0.3 is 5.32 Å². The summed E-state index contributed by atoms with van der Waals surface area (Å²) in [6.07, 6.45) is 1.49. The molecule has 0 radical (unpaired) electrons. The summed E-state index contributed by atoms with van der Waals surface area (Å²) in [5.41, 5.74) is 0.566. The number of nitro benzene ring substituents is 1. The molecule has 8 heteroatoms. The van der Waals surface area contributed by atoms with Crippen molar-refractivity contribution >= 4 is 44.8 Å². The van der Waals surface area contributed by atoms with Gasteiger partial charge in [0.15, 0.2) is 0 Å². The molecule has 2 rings (SSSR count). The number of hydrogen-bond donors (Lipinski definition) is 1. The number of carbonyl (C=O) groups is 1. The van der Waals surface area contributed by atoms with Gasteiger partial charge in [-0.2, -0.15) is 0 Å². The van der Waals surface area contributed by atoms with Crippen molar-refractivity contribution in [1.82, 2.24) is 4.98 Å². The van der Waals surface area contributed by atoms with Crippen LogP contribution >= 0.6 is 27.5 Å². The molecule has 0 bridgehead atoms. The predicted molar refractivity (Wildman–Crippen MR) is 78.0 cm³/mol. The Morgan fingerprint density at radius 2 is 2.10 bits per heavy atom. The molecule has 0 saturated heterocycles. The molecule has 1 N–H and O–H groups in total. The van der Waals surface area contributed by atoms with Crippen LogP contribution in [0.1, 0.15) is 10.4 Å². The number of rotatable bonds is 3. The van der Waals surface area contributed by atoms with E-state index in [1.165, 1.54) is 24.4 Å². The molecule has 0 saturated carbocycles. The van der Waals surface area contributed by atoms with Gasteiger partial charge >= 0.3 is 0 Å². The average molecular weight is 357 g/mol. The average Bonchev–Trinajstić information content (AvgIpc) is 2.38. The molecule has 6 nitrogen and oxygen atoms in total. The van der Waals surface area contributed by atoms with Crippen LogP contribution in [-0.4, -0.2) is 15.8 Å². The number of halogens is 2. The lowest BCUT2D eigenvalue weighted by molar-refractivity contribution is -0.384. The summed E-state index contributed by atoms with van der Waals surface area (Å²) in [6.45, 7) is 0. The summed E-state index contributed by atoms with van der Waals surface area (Å²) in [7, 11) is 0. The minimum atomic E-state index is -0.589. The van der Waals surface area contributed by atoms with Gasteiger partial charge in [0, 0.05) is 23.5 Å². The van der Waals surface area contributed by atoms with E-state index in [0.29, 0.717) is 15.9 Å². The number of amides is 1. The van der Waals surface area contributed by atoms with Gasteiger partial charge in [0.2, 0.25) is 0 Å². The van der Waals surface area contributed by atoms with E-state index in [0.717, 1.165) is 0 Å². The molecule has 1 heterocycles. The SMILES string of the molecule is O=C(Nc1ccc([N+](=O)[O-])c(Cl)c1)c1ccnc(Br)c1. The molecule has 0 atom stereocenters. The smallest absolute Gasteiger partial charge is 0.288 e. The summed E-state index contributed by atoms with van der Waals surface area (Å²) < 4.78 is 0.534. The highest BCUT2D eigenvalue weighted by Crippen LogP contribution is 2.27. The maximum absolute atomic E-state index is 12.0. The number of benzene rings is 1. The molecule has 1 amide bonds. The predicted octanol–water partition coefficient (Wildman–Crippen LogP) is 3.66. The molecule has 0 fully saturated rings. The van der Waals surface area contributed by atoms with Crippen molar-refractivity contribution < 1.29 is 9.72 Å². The monoisotopic (exact) mass is 355 g/mol. The number of aromatic nitrogens is 1. The molecule has 1 aromatic heterocycles. The summed E-state index contributed by atoms with van der Waals surface area (Å²) in [5.74, 6) is -0.363. The highest BCUT2D eigenvalue weighted by Gasteiger charge is 2.13. The van der Waals surface area contributed by atoms with E-state index >= 15 is 0 Å². The van der Waals surface area contributed by atoms with Crippen LogP contribution in [0.15, 0.2) is 41.1 Å². The highest BCUT2D eigenvalue weighted by atomic mass is 79.9. The van der Waals surface area contributed by atoms with E-state index in [2.05, 4.69) is 26.2 Å². The van der Waals surface area contributed by atoms with E-state index in [-0.39, 0.29) is 16.6 Å². The summed E-state index contributed by atoms with van der Waals surface area (Å²) in [5, 5.41) is 13.2. The second-order valence-electron chi connectivity index (χ2n) is 3.74. The van der Waals surface area contributed by atoms with Gasteiger partial charge in [-0.15, -0.1) is 0 Å². The Morgan fingerprint density at radius 3 is 2.70 bits per heavy atom. The molecule has 0 spiro atoms. The summed E-state index contributed by atoms with van der Waals surface area (Å²) >= 11 is 8.93. The first-order valence-corrected chi connectivity index (χ1v) is 6.51. The van der Waals surface area contributed by atoms with Crippen LogP contribution in [0, 0.1) is 10.1 Å². The van der Waals surface area contributed by atoms with Crippen molar-refractivity contribution in [3.05, 3.63) is 61.8 Å². The van der Waals surface area contributed by atoms with Crippen molar-refractivity contribution in [2.45, 2.75) is 0 Å². The zero-order valence-electron chi connectivity index (χ0n) is 9.84. The first-order valence-electron chi connectivity index (χ1n) is 5.34. The maximum atomic E-state index is 12.0. The zero-order chi connectivity index (χ0) is 14.7. The second-order valence-corrected chi connectivity index (χ2v) is 4.96. The second kappa shape index (κ2) is 5.98. The van der Waals surface area contributed by atoms with E-state index in [4.69, 9.17) is 11.6 Å². The van der Waals surface area contributed by atoms with Crippen LogP contribution in [-0.2, 0) is 0 Å². The molecule has 20 heavy (non-hydrogen) atoms. The van der Waals surface area contributed by atoms with Crippen LogP contribution < -0.4 is 5.32 Å². The first kappa shape index (κ1) is 14.4. The molecule has 0 aliphatic heterocycles. The van der Waals surface area contributed by atoms with Crippen molar-refractivity contribution in [2.24, 2.45) is 0 Å². The van der Waals surface area contributed by atoms with Gasteiger partial charge in [0.1, 0.15) is 9.63 Å². The number of hydrogen-bond acceptors (Lipinski definition) is 4. The van der Waals surface area contributed by atoms with Gasteiger partial charge in [-0.25, -0.2) is 4.98 Å². The number of pyridine rings is 1. The molecule has 1 aromatic carbocycles. The van der Waals surface area contributed by atoms with Crippen LogP contribution in [0.3, 0.4) is 0 Å². The molecular formula is C12H7BrClN3O3. The van der Waals surface area contributed by atoms with E-state index in [1.807, 2.05) is 0 Å². The molecule has 102 valence electrons. The normalized spacial score (nSPS) is 10.1. The molecule has 2 aromatic rings. The van der Waals surface area contributed by atoms with Gasteiger partial charge in [-0.05, 0) is 40.2 Å². The largest absolute Gasteiger partial charge is 0.322 e. The number of nitro groups is 1. The third-order valence-corrected chi connectivity index (χ3v) is 3.13. The van der Waals surface area contributed by atoms with Crippen LogP contribution in [0.2, 0.25) is 5.02 Å². The Balaban J connectivity index is 2.20. The Bertz CT molecular complexity index is 693. The van der Waals surface area contributed by atoms with Crippen molar-refractivity contribution in [3.8, 4) is 0 Å². The van der Waals surface area contributed by atoms with Gasteiger partial charge in [-0.1, -0.05) is 11.6 Å². The molecular weight excluding hydrogens is 350 g/mol. The van der Waals surface area contributed by atoms with Crippen molar-refractivity contribution in [1.29, 1.82) is 0 Å². The van der Waals surface area contributed by atoms with Gasteiger partial charge in [0.25, 0.3) is 11.6 Å². The Kier molecular flexibility index (Phi) is 4.31. The minimum Gasteiger partial charge on any atom is -0.322 e. The standard InChI is InChI=1S/C12H7BrClN3O3/c13-11-5-7(3-4-15-11)12(18)16-8-1-2-10(17(19)20)9(14)6-8/h1-6H,(H,16,18). The molecule has 0 unspecified atom stereocenters. The van der Waals surface area contributed by atoms with Crippen LogP contribution in [0.4, 0.5) is 11.4 Å². The number of carbonyl (C=O) groups excluding carboxylic acids is 1. The van der Waals surface area contributed by atoms with Crippen LogP contribution in [0.25, 0.3) is 0 Å². The maximum Gasteiger partial charge on any atom is 0.288 e. The fourth-order valence-corrected chi connectivity index (χ4v) is 2.09. The Hall–Kier alpha value is -1.99. The molecule has 0 aliphatic carbocycles. The topological polar surface area (TPSA) is 85.1 Å². The Morgan fingerprint density at radius 1 is 1.35 bits per heavy atom. The third-order valence-electron chi connectivity index (χ3n) is 2.39. The zero-order valence-corrected chi connectivity index (χ0v) is 12.2. The van der Waals surface area contributed by atoms with Crippen LogP contribution in [0.5, 0.6) is 0 Å². The summed E-state index contributed by atoms with van der Waals surface area (Å²) in [4.78, 5) is 25.9. The van der Waals surface area contributed by atoms with E-state index in [9.17, 15) is 14.9 Å². The lowest BCUT2D eigenvalue weighted by Gasteiger charge is -2.06. The van der Waals surface area contributed by atoms with Gasteiger partial charge in [-0.3, -0.25) is 14.9 Å². The third kappa shape index (κ3) is 3.31. The fraction of sp³-hybridized carbons (Fsp3) is 0. The lowest BCUT2D eigenvalue weighted by Crippen LogP contribution is -2.12. The Labute approximate surface area is 127 Å². The van der Waals surface area contributed by atoms with Crippen molar-refractivity contribution in [3.63, 3.8) is 0 Å². The quantitative estimate of drug-likeness (QED) is 0.516. The summed E-state index contributed by atoms with van der Waals surface area (Å²) in [6, 6.07) is 7.09. The van der Waals surface area contributed by atoms with E-state index in [1.54, 1.807) is 12.1 Å². The fourth-order valence-electron chi connectivity index (χ4n) is 1.48. The van der Waals surface area contributed by atoms with E-state index < -0.39 is 4.92 Å². The highest BCUT2D eigenvalue weighted by molar-refractivity contribution is 9.10. The van der Waals surface area contributed by atoms with Crippen molar-refractivity contribution in [2.75, 3.05) is 5.32 Å². The number of anilines is 1. The molecule has 0 aliphatic rings. The first-order chi connectivity index (χ1) is 9.47. The number of nitrogens with zero attached hydrogens (tertiary/aromatic N) is 2. The van der Waals surface area contributed by atoms with Gasteiger partial charge in [0.05, 0.1) is 4.92 Å². The lowest BCUT2D eigenvalue weighted by atomic mass is 10.2. The number of nitrogens with one attached hydrogen (secondary N) is 1. The minimum absolute atomic E-state index is 0.0382.